The molecule has 0 saturated carbocycles. The van der Waals surface area contributed by atoms with Gasteiger partial charge in [0.15, 0.2) is 11.6 Å². The molecule has 0 spiro atoms. The molecule has 0 fully saturated rings. The number of halogens is 2. The quantitative estimate of drug-likeness (QED) is 0.445. The van der Waals surface area contributed by atoms with E-state index in [2.05, 4.69) is 32.6 Å². The van der Waals surface area contributed by atoms with Gasteiger partial charge in [0.1, 0.15) is 0 Å². The summed E-state index contributed by atoms with van der Waals surface area (Å²) in [5, 5.41) is 0. The van der Waals surface area contributed by atoms with Crippen LogP contribution in [0.25, 0.3) is 0 Å². The van der Waals surface area contributed by atoms with Crippen LogP contribution in [0.4, 0.5) is 4.39 Å². The van der Waals surface area contributed by atoms with Crippen LogP contribution in [0.1, 0.15) is 39.2 Å². The van der Waals surface area contributed by atoms with Crippen LogP contribution in [0.2, 0.25) is 0 Å². The molecule has 1 rings (SSSR count). The second-order valence-corrected chi connectivity index (χ2v) is 5.86. The summed E-state index contributed by atoms with van der Waals surface area (Å²) >= 11 is 5.49. The van der Waals surface area contributed by atoms with Crippen molar-refractivity contribution >= 4 is 11.6 Å². The number of alkyl halides is 1. The predicted octanol–water partition coefficient (Wildman–Crippen LogP) is 4.62. The van der Waals surface area contributed by atoms with Crippen molar-refractivity contribution in [1.29, 1.82) is 0 Å². The van der Waals surface area contributed by atoms with E-state index in [1.54, 1.807) is 12.1 Å². The van der Waals surface area contributed by atoms with E-state index in [1.807, 2.05) is 0 Å². The third-order valence-electron chi connectivity index (χ3n) is 2.56. The van der Waals surface area contributed by atoms with Crippen molar-refractivity contribution in [1.82, 2.24) is 0 Å². The fraction of sp³-hybridized carbons (Fsp3) is 0.500. The molecule has 19 heavy (non-hydrogen) atoms. The predicted molar refractivity (Wildman–Crippen MR) is 78.2 cm³/mol. The summed E-state index contributed by atoms with van der Waals surface area (Å²) in [5.74, 6) is 5.75. The Morgan fingerprint density at radius 2 is 2.05 bits per heavy atom. The number of ether oxygens (including phenoxy) is 1. The Balaban J connectivity index is 2.57. The lowest BCUT2D eigenvalue weighted by atomic mass is 9.91. The summed E-state index contributed by atoms with van der Waals surface area (Å²) in [7, 11) is 0. The van der Waals surface area contributed by atoms with Crippen molar-refractivity contribution < 1.29 is 9.13 Å². The minimum Gasteiger partial charge on any atom is -0.490 e. The maximum Gasteiger partial charge on any atom is 0.165 e. The smallest absolute Gasteiger partial charge is 0.165 e. The normalized spacial score (nSPS) is 10.8. The van der Waals surface area contributed by atoms with Crippen LogP contribution in [0.5, 0.6) is 5.75 Å². The summed E-state index contributed by atoms with van der Waals surface area (Å²) < 4.78 is 19.0. The highest BCUT2D eigenvalue weighted by Crippen LogP contribution is 2.22. The summed E-state index contributed by atoms with van der Waals surface area (Å²) in [4.78, 5) is 0. The van der Waals surface area contributed by atoms with Crippen LogP contribution in [-0.4, -0.2) is 12.5 Å². The van der Waals surface area contributed by atoms with Crippen molar-refractivity contribution in [3.63, 3.8) is 0 Å². The zero-order valence-electron chi connectivity index (χ0n) is 11.7. The first kappa shape index (κ1) is 15.9. The van der Waals surface area contributed by atoms with Crippen LogP contribution in [0.15, 0.2) is 18.2 Å². The highest BCUT2D eigenvalue weighted by Gasteiger charge is 2.10. The summed E-state index contributed by atoms with van der Waals surface area (Å²) in [5.41, 5.74) is 0.989. The molecule has 0 aliphatic carbocycles. The highest BCUT2D eigenvalue weighted by atomic mass is 35.5. The molecular formula is C16H20ClFO. The average molecular weight is 283 g/mol. The van der Waals surface area contributed by atoms with E-state index in [0.29, 0.717) is 12.2 Å². The number of rotatable bonds is 4. The van der Waals surface area contributed by atoms with Gasteiger partial charge in [-0.25, -0.2) is 4.39 Å². The molecule has 0 saturated heterocycles. The molecule has 0 aliphatic rings. The van der Waals surface area contributed by atoms with Crippen LogP contribution in [0.3, 0.4) is 0 Å². The minimum absolute atomic E-state index is 0.260. The van der Waals surface area contributed by atoms with Crippen molar-refractivity contribution in [3.05, 3.63) is 29.6 Å². The van der Waals surface area contributed by atoms with Gasteiger partial charge in [0.25, 0.3) is 0 Å². The topological polar surface area (TPSA) is 9.23 Å². The largest absolute Gasteiger partial charge is 0.490 e. The minimum atomic E-state index is -0.354. The van der Waals surface area contributed by atoms with E-state index in [9.17, 15) is 4.39 Å². The Kier molecular flexibility index (Phi) is 6.18. The molecule has 0 radical (unpaired) electrons. The first-order valence-electron chi connectivity index (χ1n) is 6.39. The lowest BCUT2D eigenvalue weighted by Gasteiger charge is -2.17. The first-order chi connectivity index (χ1) is 8.92. The molecule has 1 aromatic carbocycles. The second-order valence-electron chi connectivity index (χ2n) is 5.59. The maximum absolute atomic E-state index is 13.6. The van der Waals surface area contributed by atoms with Crippen LogP contribution in [-0.2, 0) is 0 Å². The average Bonchev–Trinajstić information content (AvgIpc) is 2.33. The zero-order valence-corrected chi connectivity index (χ0v) is 12.5. The fourth-order valence-corrected chi connectivity index (χ4v) is 1.68. The molecule has 0 unspecified atom stereocenters. The van der Waals surface area contributed by atoms with Crippen molar-refractivity contribution in [2.75, 3.05) is 12.5 Å². The van der Waals surface area contributed by atoms with Gasteiger partial charge in [-0.05, 0) is 36.5 Å². The van der Waals surface area contributed by atoms with Gasteiger partial charge in [0.05, 0.1) is 12.5 Å². The van der Waals surface area contributed by atoms with Gasteiger partial charge in [0.2, 0.25) is 0 Å². The maximum atomic E-state index is 13.6. The molecule has 0 amide bonds. The lowest BCUT2D eigenvalue weighted by Crippen LogP contribution is -2.08. The Hall–Kier alpha value is -1.20. The lowest BCUT2D eigenvalue weighted by molar-refractivity contribution is 0.260. The van der Waals surface area contributed by atoms with Gasteiger partial charge in [-0.2, -0.15) is 0 Å². The van der Waals surface area contributed by atoms with E-state index in [-0.39, 0.29) is 22.9 Å². The van der Waals surface area contributed by atoms with E-state index >= 15 is 0 Å². The van der Waals surface area contributed by atoms with Crippen LogP contribution < -0.4 is 4.74 Å². The van der Waals surface area contributed by atoms with E-state index < -0.39 is 0 Å². The van der Waals surface area contributed by atoms with Gasteiger partial charge in [-0.15, -0.1) is 11.6 Å². The molecule has 0 bridgehead atoms. The van der Waals surface area contributed by atoms with E-state index in [0.717, 1.165) is 12.8 Å². The fourth-order valence-electron chi connectivity index (χ4n) is 1.61. The number of hydrogen-bond donors (Lipinski definition) is 0. The van der Waals surface area contributed by atoms with Gasteiger partial charge >= 0.3 is 0 Å². The molecule has 3 heteroatoms. The van der Waals surface area contributed by atoms with Crippen molar-refractivity contribution in [2.45, 2.75) is 33.6 Å². The SMILES string of the molecule is CC(C)(C)CCCOc1cc(C#CCCl)ccc1F. The van der Waals surface area contributed by atoms with Gasteiger partial charge in [-0.1, -0.05) is 32.6 Å². The third kappa shape index (κ3) is 6.50. The van der Waals surface area contributed by atoms with Crippen molar-refractivity contribution in [3.8, 4) is 17.6 Å². The molecule has 1 nitrogen and oxygen atoms in total. The monoisotopic (exact) mass is 282 g/mol. The van der Waals surface area contributed by atoms with Gasteiger partial charge in [-0.3, -0.25) is 0 Å². The summed E-state index contributed by atoms with van der Waals surface area (Å²) in [6, 6.07) is 4.61. The van der Waals surface area contributed by atoms with E-state index in [1.165, 1.54) is 6.07 Å². The van der Waals surface area contributed by atoms with Crippen molar-refractivity contribution in [2.24, 2.45) is 5.41 Å². The molecule has 0 aromatic heterocycles. The molecule has 0 N–H and O–H groups in total. The summed E-state index contributed by atoms with van der Waals surface area (Å²) in [6.45, 7) is 7.04. The molecule has 104 valence electrons. The van der Waals surface area contributed by atoms with Gasteiger partial charge < -0.3 is 4.74 Å². The Bertz CT molecular complexity index is 466. The first-order valence-corrected chi connectivity index (χ1v) is 6.93. The third-order valence-corrected chi connectivity index (χ3v) is 2.69. The Morgan fingerprint density at radius 3 is 2.68 bits per heavy atom. The van der Waals surface area contributed by atoms with E-state index in [4.69, 9.17) is 16.3 Å². The zero-order chi connectivity index (χ0) is 14.3. The summed E-state index contributed by atoms with van der Waals surface area (Å²) in [6.07, 6.45) is 1.95. The van der Waals surface area contributed by atoms with Gasteiger partial charge in [0, 0.05) is 5.56 Å². The molecule has 0 heterocycles. The van der Waals surface area contributed by atoms with Crippen LogP contribution in [0, 0.1) is 23.1 Å². The molecular weight excluding hydrogens is 263 g/mol. The Labute approximate surface area is 120 Å². The standard InChI is InChI=1S/C16H20ClFO/c1-16(2,3)9-5-11-19-15-12-13(6-4-10-17)7-8-14(15)18/h7-8,12H,5,9-11H2,1-3H3. The number of benzene rings is 1. The molecule has 0 atom stereocenters. The molecule has 0 aliphatic heterocycles. The molecule has 1 aromatic rings. The Morgan fingerprint density at radius 1 is 1.32 bits per heavy atom. The highest BCUT2D eigenvalue weighted by molar-refractivity contribution is 6.19. The van der Waals surface area contributed by atoms with Crippen LogP contribution >= 0.6 is 11.6 Å². The number of hydrogen-bond acceptors (Lipinski definition) is 1. The second kappa shape index (κ2) is 7.40.